The van der Waals surface area contributed by atoms with E-state index in [0.29, 0.717) is 11.8 Å². The molecule has 2 atom stereocenters. The van der Waals surface area contributed by atoms with Gasteiger partial charge in [-0.05, 0) is 56.2 Å². The number of hydrogen-bond acceptors (Lipinski definition) is 3. The summed E-state index contributed by atoms with van der Waals surface area (Å²) in [7, 11) is 0. The number of likely N-dealkylation sites (tertiary alicyclic amines) is 1. The Morgan fingerprint density at radius 2 is 2.00 bits per heavy atom. The van der Waals surface area contributed by atoms with Gasteiger partial charge in [-0.1, -0.05) is 0 Å². The standard InChI is InChI=1S/C16H22N2OS/c1-16(2)14-9-17-8-12(14)10-18(16)15(19)11-4-6-13(20-3)7-5-11/h4-7,12,14,17H,8-10H2,1-3H3. The Labute approximate surface area is 125 Å². The molecule has 2 heterocycles. The fourth-order valence-corrected chi connectivity index (χ4v) is 4.06. The van der Waals surface area contributed by atoms with Gasteiger partial charge < -0.3 is 10.2 Å². The van der Waals surface area contributed by atoms with Gasteiger partial charge in [-0.3, -0.25) is 4.79 Å². The molecule has 0 radical (unpaired) electrons. The first-order valence-corrected chi connectivity index (χ1v) is 8.43. The molecule has 1 aromatic rings. The van der Waals surface area contributed by atoms with Crippen LogP contribution in [0.2, 0.25) is 0 Å². The normalized spacial score (nSPS) is 27.6. The van der Waals surface area contributed by atoms with E-state index >= 15 is 0 Å². The summed E-state index contributed by atoms with van der Waals surface area (Å²) in [5, 5.41) is 3.45. The average molecular weight is 290 g/mol. The van der Waals surface area contributed by atoms with E-state index in [1.807, 2.05) is 24.3 Å². The molecule has 2 unspecified atom stereocenters. The predicted octanol–water partition coefficient (Wildman–Crippen LogP) is 2.48. The maximum Gasteiger partial charge on any atom is 0.254 e. The van der Waals surface area contributed by atoms with Gasteiger partial charge in [-0.25, -0.2) is 0 Å². The third-order valence-electron chi connectivity index (χ3n) is 4.94. The number of amides is 1. The van der Waals surface area contributed by atoms with Crippen LogP contribution in [-0.4, -0.2) is 42.2 Å². The van der Waals surface area contributed by atoms with Crippen LogP contribution in [0.5, 0.6) is 0 Å². The zero-order chi connectivity index (χ0) is 14.3. The molecule has 1 N–H and O–H groups in total. The van der Waals surface area contributed by atoms with Crippen LogP contribution in [0.1, 0.15) is 24.2 Å². The van der Waals surface area contributed by atoms with Crippen LogP contribution in [0.3, 0.4) is 0 Å². The summed E-state index contributed by atoms with van der Waals surface area (Å²) < 4.78 is 0. The Morgan fingerprint density at radius 1 is 1.30 bits per heavy atom. The van der Waals surface area contributed by atoms with Crippen molar-refractivity contribution in [2.75, 3.05) is 25.9 Å². The number of nitrogens with zero attached hydrogens (tertiary/aromatic N) is 1. The zero-order valence-electron chi connectivity index (χ0n) is 12.3. The van der Waals surface area contributed by atoms with Crippen molar-refractivity contribution >= 4 is 17.7 Å². The van der Waals surface area contributed by atoms with Gasteiger partial charge in [0, 0.05) is 35.6 Å². The highest BCUT2D eigenvalue weighted by atomic mass is 32.2. The number of nitrogens with one attached hydrogen (secondary N) is 1. The molecule has 0 spiro atoms. The van der Waals surface area contributed by atoms with Crippen LogP contribution in [0.4, 0.5) is 0 Å². The minimum atomic E-state index is -0.0522. The van der Waals surface area contributed by atoms with Gasteiger partial charge in [-0.15, -0.1) is 11.8 Å². The molecule has 2 aliphatic rings. The van der Waals surface area contributed by atoms with E-state index in [-0.39, 0.29) is 11.4 Å². The summed E-state index contributed by atoms with van der Waals surface area (Å²) in [5.41, 5.74) is 0.757. The van der Waals surface area contributed by atoms with Crippen molar-refractivity contribution in [1.29, 1.82) is 0 Å². The van der Waals surface area contributed by atoms with Crippen LogP contribution >= 0.6 is 11.8 Å². The second-order valence-corrected chi connectivity index (χ2v) is 7.20. The number of hydrogen-bond donors (Lipinski definition) is 1. The second-order valence-electron chi connectivity index (χ2n) is 6.32. The Hall–Kier alpha value is -1.00. The first kappa shape index (κ1) is 14.0. The number of benzene rings is 1. The van der Waals surface area contributed by atoms with Crippen molar-refractivity contribution < 1.29 is 4.79 Å². The van der Waals surface area contributed by atoms with Crippen molar-refractivity contribution in [3.05, 3.63) is 29.8 Å². The lowest BCUT2D eigenvalue weighted by Gasteiger charge is -2.35. The van der Waals surface area contributed by atoms with E-state index in [2.05, 4.69) is 30.3 Å². The molecule has 0 aliphatic carbocycles. The predicted molar refractivity (Wildman–Crippen MR) is 83.2 cm³/mol. The molecule has 4 heteroatoms. The fourth-order valence-electron chi connectivity index (χ4n) is 3.66. The monoisotopic (exact) mass is 290 g/mol. The molecule has 0 aromatic heterocycles. The van der Waals surface area contributed by atoms with Crippen LogP contribution in [0.15, 0.2) is 29.2 Å². The average Bonchev–Trinajstić information content (AvgIpc) is 3.01. The lowest BCUT2D eigenvalue weighted by molar-refractivity contribution is 0.0603. The third kappa shape index (κ3) is 2.15. The minimum absolute atomic E-state index is 0.0522. The van der Waals surface area contributed by atoms with E-state index in [4.69, 9.17) is 0 Å². The van der Waals surface area contributed by atoms with E-state index in [9.17, 15) is 4.79 Å². The lowest BCUT2D eigenvalue weighted by Crippen LogP contribution is -2.47. The van der Waals surface area contributed by atoms with Gasteiger partial charge in [0.2, 0.25) is 0 Å². The number of thioether (sulfide) groups is 1. The molecule has 1 amide bonds. The van der Waals surface area contributed by atoms with Gasteiger partial charge >= 0.3 is 0 Å². The smallest absolute Gasteiger partial charge is 0.254 e. The zero-order valence-corrected chi connectivity index (χ0v) is 13.2. The Morgan fingerprint density at radius 3 is 2.60 bits per heavy atom. The highest BCUT2D eigenvalue weighted by Gasteiger charge is 2.51. The SMILES string of the molecule is CSc1ccc(C(=O)N2CC3CNCC3C2(C)C)cc1. The van der Waals surface area contributed by atoms with Crippen LogP contribution in [-0.2, 0) is 0 Å². The Kier molecular flexibility index (Phi) is 3.55. The summed E-state index contributed by atoms with van der Waals surface area (Å²) >= 11 is 1.70. The first-order chi connectivity index (χ1) is 9.54. The van der Waals surface area contributed by atoms with E-state index in [1.165, 1.54) is 4.90 Å². The summed E-state index contributed by atoms with van der Waals surface area (Å²) in [6.45, 7) is 7.38. The molecule has 2 fully saturated rings. The van der Waals surface area contributed by atoms with Crippen LogP contribution < -0.4 is 5.32 Å². The highest BCUT2D eigenvalue weighted by Crippen LogP contribution is 2.41. The fraction of sp³-hybridized carbons (Fsp3) is 0.562. The molecule has 3 rings (SSSR count). The van der Waals surface area contributed by atoms with Gasteiger partial charge in [0.05, 0.1) is 0 Å². The Bertz CT molecular complexity index is 512. The maximum atomic E-state index is 12.8. The number of carbonyl (C=O) groups excluding carboxylic acids is 1. The lowest BCUT2D eigenvalue weighted by atomic mass is 9.84. The number of fused-ring (bicyclic) bond motifs is 1. The molecular weight excluding hydrogens is 268 g/mol. The largest absolute Gasteiger partial charge is 0.333 e. The molecular formula is C16H22N2OS. The third-order valence-corrected chi connectivity index (χ3v) is 5.69. The van der Waals surface area contributed by atoms with Crippen LogP contribution in [0.25, 0.3) is 0 Å². The van der Waals surface area contributed by atoms with E-state index in [0.717, 1.165) is 25.2 Å². The molecule has 0 saturated carbocycles. The van der Waals surface area contributed by atoms with Gasteiger partial charge in [-0.2, -0.15) is 0 Å². The molecule has 108 valence electrons. The van der Waals surface area contributed by atoms with Crippen molar-refractivity contribution in [1.82, 2.24) is 10.2 Å². The summed E-state index contributed by atoms with van der Waals surface area (Å²) in [5.74, 6) is 1.37. The highest BCUT2D eigenvalue weighted by molar-refractivity contribution is 7.98. The van der Waals surface area contributed by atoms with Crippen molar-refractivity contribution in [2.24, 2.45) is 11.8 Å². The molecule has 2 aliphatic heterocycles. The van der Waals surface area contributed by atoms with Crippen LogP contribution in [0, 0.1) is 11.8 Å². The van der Waals surface area contributed by atoms with Gasteiger partial charge in [0.25, 0.3) is 5.91 Å². The minimum Gasteiger partial charge on any atom is -0.333 e. The van der Waals surface area contributed by atoms with Crippen molar-refractivity contribution in [3.63, 3.8) is 0 Å². The van der Waals surface area contributed by atoms with Gasteiger partial charge in [0.1, 0.15) is 0 Å². The number of rotatable bonds is 2. The molecule has 0 bridgehead atoms. The molecule has 3 nitrogen and oxygen atoms in total. The topological polar surface area (TPSA) is 32.3 Å². The van der Waals surface area contributed by atoms with E-state index < -0.39 is 0 Å². The molecule has 1 aromatic carbocycles. The second kappa shape index (κ2) is 5.08. The molecule has 2 saturated heterocycles. The summed E-state index contributed by atoms with van der Waals surface area (Å²) in [6.07, 6.45) is 2.05. The summed E-state index contributed by atoms with van der Waals surface area (Å²) in [6, 6.07) is 7.97. The number of carbonyl (C=O) groups is 1. The quantitative estimate of drug-likeness (QED) is 0.849. The maximum absolute atomic E-state index is 12.8. The summed E-state index contributed by atoms with van der Waals surface area (Å²) in [4.78, 5) is 16.1. The van der Waals surface area contributed by atoms with E-state index in [1.54, 1.807) is 11.8 Å². The molecule has 20 heavy (non-hydrogen) atoms. The first-order valence-electron chi connectivity index (χ1n) is 7.21. The van der Waals surface area contributed by atoms with Crippen molar-refractivity contribution in [3.8, 4) is 0 Å². The van der Waals surface area contributed by atoms with Crippen molar-refractivity contribution in [2.45, 2.75) is 24.3 Å². The Balaban J connectivity index is 1.83. The van der Waals surface area contributed by atoms with Gasteiger partial charge in [0.15, 0.2) is 0 Å².